The fourth-order valence-electron chi connectivity index (χ4n) is 3.65. The average Bonchev–Trinajstić information content (AvgIpc) is 3.18. The van der Waals surface area contributed by atoms with Crippen molar-refractivity contribution in [2.75, 3.05) is 20.1 Å². The van der Waals surface area contributed by atoms with E-state index in [9.17, 15) is 4.79 Å². The maximum atomic E-state index is 12.4. The van der Waals surface area contributed by atoms with Gasteiger partial charge in [0, 0.05) is 19.5 Å². The third-order valence-electron chi connectivity index (χ3n) is 5.01. The van der Waals surface area contributed by atoms with Crippen LogP contribution in [0.1, 0.15) is 52.4 Å². The number of carbonyl (C=O) groups is 1. The highest BCUT2D eigenvalue weighted by Crippen LogP contribution is 2.50. The molecule has 0 saturated heterocycles. The van der Waals surface area contributed by atoms with Crippen LogP contribution in [0.4, 0.5) is 0 Å². The van der Waals surface area contributed by atoms with Crippen molar-refractivity contribution in [2.45, 2.75) is 52.4 Å². The topological polar surface area (TPSA) is 46.3 Å². The summed E-state index contributed by atoms with van der Waals surface area (Å²) in [6.45, 7) is 5.65. The van der Waals surface area contributed by atoms with Crippen LogP contribution in [0.25, 0.3) is 0 Å². The molecule has 3 nitrogen and oxygen atoms in total. The molecule has 2 unspecified atom stereocenters. The number of carbonyl (C=O) groups excluding carboxylic acids is 1. The lowest BCUT2D eigenvalue weighted by molar-refractivity contribution is -0.133. The van der Waals surface area contributed by atoms with Gasteiger partial charge in [-0.3, -0.25) is 4.79 Å². The third-order valence-corrected chi connectivity index (χ3v) is 5.01. The summed E-state index contributed by atoms with van der Waals surface area (Å²) in [4.78, 5) is 14.4. The summed E-state index contributed by atoms with van der Waals surface area (Å²) < 4.78 is 0. The van der Waals surface area contributed by atoms with E-state index in [4.69, 9.17) is 5.73 Å². The summed E-state index contributed by atoms with van der Waals surface area (Å²) >= 11 is 0. The molecule has 1 amide bonds. The van der Waals surface area contributed by atoms with Crippen LogP contribution in [-0.4, -0.2) is 30.9 Å². The van der Waals surface area contributed by atoms with Gasteiger partial charge in [-0.1, -0.05) is 46.0 Å². The largest absolute Gasteiger partial charge is 0.345 e. The summed E-state index contributed by atoms with van der Waals surface area (Å²) in [6, 6.07) is 0. The summed E-state index contributed by atoms with van der Waals surface area (Å²) in [5, 5.41) is 0. The van der Waals surface area contributed by atoms with Crippen molar-refractivity contribution in [2.24, 2.45) is 28.9 Å². The van der Waals surface area contributed by atoms with Crippen LogP contribution in [0.15, 0.2) is 0 Å². The van der Waals surface area contributed by atoms with Crippen molar-refractivity contribution >= 4 is 5.91 Å². The van der Waals surface area contributed by atoms with Gasteiger partial charge in [0.1, 0.15) is 0 Å². The van der Waals surface area contributed by atoms with Gasteiger partial charge >= 0.3 is 0 Å². The van der Waals surface area contributed by atoms with Crippen LogP contribution in [0, 0.1) is 23.2 Å². The van der Waals surface area contributed by atoms with Gasteiger partial charge < -0.3 is 10.6 Å². The third kappa shape index (κ3) is 3.71. The zero-order valence-electron chi connectivity index (χ0n) is 12.8. The zero-order valence-corrected chi connectivity index (χ0v) is 12.8. The summed E-state index contributed by atoms with van der Waals surface area (Å²) in [5.74, 6) is 2.20. The first-order valence-electron chi connectivity index (χ1n) is 7.89. The van der Waals surface area contributed by atoms with Crippen LogP contribution < -0.4 is 5.73 Å². The molecule has 3 heteroatoms. The molecular formula is C16H30N2O. The molecule has 0 aromatic rings. The molecule has 2 rings (SSSR count). The molecule has 0 aromatic carbocycles. The second-order valence-corrected chi connectivity index (χ2v) is 7.47. The standard InChI is InChI=1S/C16H30N2O/c1-16(2,10-17)11-18(3)15(19)14-9-13(14)12-7-5-4-6-8-12/h12-14H,4-11,17H2,1-3H3. The lowest BCUT2D eigenvalue weighted by Crippen LogP contribution is -2.40. The Kier molecular flexibility index (Phi) is 4.54. The zero-order chi connectivity index (χ0) is 14.0. The van der Waals surface area contributed by atoms with Gasteiger partial charge in [-0.05, 0) is 30.2 Å². The predicted octanol–water partition coefficient (Wildman–Crippen LogP) is 2.65. The molecule has 110 valence electrons. The fourth-order valence-corrected chi connectivity index (χ4v) is 3.65. The lowest BCUT2D eigenvalue weighted by Gasteiger charge is -2.29. The molecule has 0 heterocycles. The molecular weight excluding hydrogens is 236 g/mol. The maximum Gasteiger partial charge on any atom is 0.225 e. The SMILES string of the molecule is CN(CC(C)(C)CN)C(=O)C1CC1C1CCCCC1. The highest BCUT2D eigenvalue weighted by Gasteiger charge is 2.48. The van der Waals surface area contributed by atoms with Crippen LogP contribution in [0.2, 0.25) is 0 Å². The van der Waals surface area contributed by atoms with Gasteiger partial charge in [0.2, 0.25) is 5.91 Å². The van der Waals surface area contributed by atoms with E-state index in [-0.39, 0.29) is 5.41 Å². The molecule has 2 aliphatic carbocycles. The number of rotatable bonds is 5. The van der Waals surface area contributed by atoms with E-state index in [0.717, 1.165) is 18.9 Å². The van der Waals surface area contributed by atoms with E-state index in [0.29, 0.717) is 24.3 Å². The Balaban J connectivity index is 1.81. The van der Waals surface area contributed by atoms with E-state index in [2.05, 4.69) is 13.8 Å². The first-order chi connectivity index (χ1) is 8.94. The van der Waals surface area contributed by atoms with Gasteiger partial charge in [-0.25, -0.2) is 0 Å². The first-order valence-corrected chi connectivity index (χ1v) is 7.89. The molecule has 19 heavy (non-hydrogen) atoms. The van der Waals surface area contributed by atoms with E-state index in [1.54, 1.807) is 0 Å². The molecule has 0 spiro atoms. The lowest BCUT2D eigenvalue weighted by atomic mass is 9.85. The minimum absolute atomic E-state index is 0.0274. The summed E-state index contributed by atoms with van der Waals surface area (Å²) in [7, 11) is 1.94. The second-order valence-electron chi connectivity index (χ2n) is 7.47. The van der Waals surface area contributed by atoms with E-state index in [1.807, 2.05) is 11.9 Å². The minimum atomic E-state index is 0.0274. The minimum Gasteiger partial charge on any atom is -0.345 e. The molecule has 2 saturated carbocycles. The summed E-state index contributed by atoms with van der Waals surface area (Å²) in [6.07, 6.45) is 7.98. The van der Waals surface area contributed by atoms with Crippen LogP contribution in [0.5, 0.6) is 0 Å². The Morgan fingerprint density at radius 2 is 1.89 bits per heavy atom. The van der Waals surface area contributed by atoms with Crippen molar-refractivity contribution < 1.29 is 4.79 Å². The van der Waals surface area contributed by atoms with Crippen molar-refractivity contribution in [3.05, 3.63) is 0 Å². The molecule has 2 fully saturated rings. The molecule has 0 aliphatic heterocycles. The van der Waals surface area contributed by atoms with Crippen LogP contribution >= 0.6 is 0 Å². The smallest absolute Gasteiger partial charge is 0.225 e. The summed E-state index contributed by atoms with van der Waals surface area (Å²) in [5.41, 5.74) is 5.78. The Hall–Kier alpha value is -0.570. The number of nitrogens with two attached hydrogens (primary N) is 1. The fraction of sp³-hybridized carbons (Fsp3) is 0.938. The molecule has 0 bridgehead atoms. The van der Waals surface area contributed by atoms with E-state index in [1.165, 1.54) is 32.1 Å². The van der Waals surface area contributed by atoms with E-state index < -0.39 is 0 Å². The number of hydrogen-bond donors (Lipinski definition) is 1. The molecule has 2 N–H and O–H groups in total. The quantitative estimate of drug-likeness (QED) is 0.831. The van der Waals surface area contributed by atoms with Gasteiger partial charge in [-0.15, -0.1) is 0 Å². The Morgan fingerprint density at radius 1 is 1.26 bits per heavy atom. The first kappa shape index (κ1) is 14.8. The highest BCUT2D eigenvalue weighted by molar-refractivity contribution is 5.81. The molecule has 0 radical (unpaired) electrons. The van der Waals surface area contributed by atoms with Crippen molar-refractivity contribution in [1.29, 1.82) is 0 Å². The van der Waals surface area contributed by atoms with Crippen LogP contribution in [-0.2, 0) is 4.79 Å². The predicted molar refractivity (Wildman–Crippen MR) is 78.6 cm³/mol. The molecule has 2 aliphatic rings. The number of nitrogens with zero attached hydrogens (tertiary/aromatic N) is 1. The van der Waals surface area contributed by atoms with Gasteiger partial charge in [0.15, 0.2) is 0 Å². The number of hydrogen-bond acceptors (Lipinski definition) is 2. The van der Waals surface area contributed by atoms with Gasteiger partial charge in [-0.2, -0.15) is 0 Å². The highest BCUT2D eigenvalue weighted by atomic mass is 16.2. The number of amides is 1. The average molecular weight is 266 g/mol. The Labute approximate surface area is 117 Å². The van der Waals surface area contributed by atoms with Crippen molar-refractivity contribution in [3.63, 3.8) is 0 Å². The van der Waals surface area contributed by atoms with Crippen molar-refractivity contribution in [3.8, 4) is 0 Å². The normalized spacial score (nSPS) is 28.2. The monoisotopic (exact) mass is 266 g/mol. The molecule has 2 atom stereocenters. The Bertz CT molecular complexity index is 321. The second kappa shape index (κ2) is 5.82. The maximum absolute atomic E-state index is 12.4. The Morgan fingerprint density at radius 3 is 2.47 bits per heavy atom. The van der Waals surface area contributed by atoms with E-state index >= 15 is 0 Å². The van der Waals surface area contributed by atoms with Gasteiger partial charge in [0.25, 0.3) is 0 Å². The molecule has 0 aromatic heterocycles. The van der Waals surface area contributed by atoms with Crippen LogP contribution in [0.3, 0.4) is 0 Å². The van der Waals surface area contributed by atoms with Crippen molar-refractivity contribution in [1.82, 2.24) is 4.90 Å². The van der Waals surface area contributed by atoms with Gasteiger partial charge in [0.05, 0.1) is 0 Å².